The molecule has 0 N–H and O–H groups in total. The van der Waals surface area contributed by atoms with Crippen LogP contribution in [0.25, 0.3) is 16.9 Å². The highest BCUT2D eigenvalue weighted by Gasteiger charge is 2.28. The molecule has 188 valence electrons. The maximum Gasteiger partial charge on any atom is 0.255 e. The van der Waals surface area contributed by atoms with E-state index >= 15 is 0 Å². The van der Waals surface area contributed by atoms with Gasteiger partial charge in [-0.3, -0.25) is 9.59 Å². The SMILES string of the molecule is COc1cccc(-c2cc(C(=O)N3CCN(C(=O)c4cccc(F)c4)CC3)c(C)n2-c2ccccc2)c1. The van der Waals surface area contributed by atoms with E-state index in [1.54, 1.807) is 23.0 Å². The van der Waals surface area contributed by atoms with E-state index in [9.17, 15) is 14.0 Å². The molecule has 0 unspecified atom stereocenters. The molecule has 0 atom stereocenters. The number of benzene rings is 3. The summed E-state index contributed by atoms with van der Waals surface area (Å²) in [7, 11) is 1.63. The molecule has 1 aliphatic rings. The summed E-state index contributed by atoms with van der Waals surface area (Å²) in [6.07, 6.45) is 0. The molecule has 0 bridgehead atoms. The summed E-state index contributed by atoms with van der Waals surface area (Å²) < 4.78 is 21.1. The molecule has 0 aliphatic carbocycles. The number of amides is 2. The highest BCUT2D eigenvalue weighted by molar-refractivity contribution is 5.98. The number of ether oxygens (including phenoxy) is 1. The quantitative estimate of drug-likeness (QED) is 0.381. The predicted molar refractivity (Wildman–Crippen MR) is 141 cm³/mol. The average Bonchev–Trinajstić information content (AvgIpc) is 3.29. The minimum absolute atomic E-state index is 0.0748. The number of para-hydroxylation sites is 1. The van der Waals surface area contributed by atoms with Crippen molar-refractivity contribution in [1.29, 1.82) is 0 Å². The number of carbonyl (C=O) groups excluding carboxylic acids is 2. The first-order chi connectivity index (χ1) is 18.0. The van der Waals surface area contributed by atoms with Gasteiger partial charge in [-0.2, -0.15) is 0 Å². The van der Waals surface area contributed by atoms with Crippen LogP contribution < -0.4 is 4.74 Å². The van der Waals surface area contributed by atoms with Crippen molar-refractivity contribution >= 4 is 11.8 Å². The third-order valence-electron chi connectivity index (χ3n) is 6.78. The van der Waals surface area contributed by atoms with Crippen molar-refractivity contribution in [2.75, 3.05) is 33.3 Å². The van der Waals surface area contributed by atoms with Gasteiger partial charge in [0, 0.05) is 48.7 Å². The van der Waals surface area contributed by atoms with Crippen molar-refractivity contribution in [3.8, 4) is 22.7 Å². The zero-order valence-electron chi connectivity index (χ0n) is 20.9. The molecule has 1 fully saturated rings. The predicted octanol–water partition coefficient (Wildman–Crippen LogP) is 5.20. The molecule has 6 nitrogen and oxygen atoms in total. The molecule has 2 heterocycles. The van der Waals surface area contributed by atoms with Crippen LogP contribution in [0, 0.1) is 12.7 Å². The van der Waals surface area contributed by atoms with Crippen LogP contribution in [0.5, 0.6) is 5.75 Å². The number of carbonyl (C=O) groups is 2. The third-order valence-corrected chi connectivity index (χ3v) is 6.78. The van der Waals surface area contributed by atoms with Gasteiger partial charge in [-0.1, -0.05) is 36.4 Å². The molecular formula is C30H28FN3O3. The maximum absolute atomic E-state index is 13.7. The zero-order chi connectivity index (χ0) is 25.9. The molecule has 4 aromatic rings. The number of hydrogen-bond donors (Lipinski definition) is 0. The Morgan fingerprint density at radius 1 is 0.784 bits per heavy atom. The van der Waals surface area contributed by atoms with Crippen LogP contribution in [0.3, 0.4) is 0 Å². The third kappa shape index (κ3) is 4.85. The number of piperazine rings is 1. The van der Waals surface area contributed by atoms with E-state index < -0.39 is 5.82 Å². The molecular weight excluding hydrogens is 469 g/mol. The van der Waals surface area contributed by atoms with Gasteiger partial charge in [0.15, 0.2) is 0 Å². The zero-order valence-corrected chi connectivity index (χ0v) is 20.9. The summed E-state index contributed by atoms with van der Waals surface area (Å²) in [6.45, 7) is 3.55. The van der Waals surface area contributed by atoms with Crippen LogP contribution >= 0.6 is 0 Å². The molecule has 1 saturated heterocycles. The second kappa shape index (κ2) is 10.3. The number of methoxy groups -OCH3 is 1. The summed E-state index contributed by atoms with van der Waals surface area (Å²) in [4.78, 5) is 30.0. The molecule has 1 aromatic heterocycles. The van der Waals surface area contributed by atoms with E-state index in [0.717, 1.165) is 28.4 Å². The molecule has 2 amide bonds. The second-order valence-corrected chi connectivity index (χ2v) is 9.03. The molecule has 37 heavy (non-hydrogen) atoms. The van der Waals surface area contributed by atoms with E-state index in [1.165, 1.54) is 18.2 Å². The lowest BCUT2D eigenvalue weighted by Gasteiger charge is -2.34. The highest BCUT2D eigenvalue weighted by atomic mass is 19.1. The van der Waals surface area contributed by atoms with Crippen LogP contribution in [-0.4, -0.2) is 59.5 Å². The van der Waals surface area contributed by atoms with Gasteiger partial charge in [-0.05, 0) is 55.5 Å². The number of halogens is 1. The Hall–Kier alpha value is -4.39. The summed E-state index contributed by atoms with van der Waals surface area (Å²) in [5, 5.41) is 0. The topological polar surface area (TPSA) is 54.8 Å². The van der Waals surface area contributed by atoms with Crippen LogP contribution in [0.15, 0.2) is 84.9 Å². The molecule has 1 aliphatic heterocycles. The Kier molecular flexibility index (Phi) is 6.77. The van der Waals surface area contributed by atoms with Gasteiger partial charge >= 0.3 is 0 Å². The fraction of sp³-hybridized carbons (Fsp3) is 0.200. The van der Waals surface area contributed by atoms with Gasteiger partial charge in [0.1, 0.15) is 11.6 Å². The van der Waals surface area contributed by atoms with Crippen molar-refractivity contribution in [2.45, 2.75) is 6.92 Å². The number of aromatic nitrogens is 1. The Morgan fingerprint density at radius 3 is 2.14 bits per heavy atom. The number of hydrogen-bond acceptors (Lipinski definition) is 3. The molecule has 7 heteroatoms. The van der Waals surface area contributed by atoms with E-state index in [0.29, 0.717) is 37.3 Å². The lowest BCUT2D eigenvalue weighted by Crippen LogP contribution is -2.50. The fourth-order valence-electron chi connectivity index (χ4n) is 4.82. The standard InChI is InChI=1S/C30H28FN3O3/c1-21-27(30(36)33-16-14-32(15-17-33)29(35)23-9-6-10-24(31)18-23)20-28(22-8-7-13-26(19-22)37-2)34(21)25-11-4-3-5-12-25/h3-13,18-20H,14-17H2,1-2H3. The van der Waals surface area contributed by atoms with Gasteiger partial charge in [-0.15, -0.1) is 0 Å². The van der Waals surface area contributed by atoms with Crippen LogP contribution in [0.4, 0.5) is 4.39 Å². The smallest absolute Gasteiger partial charge is 0.255 e. The number of rotatable bonds is 5. The van der Waals surface area contributed by atoms with Gasteiger partial charge in [0.25, 0.3) is 11.8 Å². The number of nitrogens with zero attached hydrogens (tertiary/aromatic N) is 3. The Labute approximate surface area is 215 Å². The molecule has 5 rings (SSSR count). The average molecular weight is 498 g/mol. The Morgan fingerprint density at radius 2 is 1.46 bits per heavy atom. The lowest BCUT2D eigenvalue weighted by molar-refractivity contribution is 0.0535. The van der Waals surface area contributed by atoms with Gasteiger partial charge < -0.3 is 19.1 Å². The van der Waals surface area contributed by atoms with E-state index in [2.05, 4.69) is 4.57 Å². The maximum atomic E-state index is 13.7. The largest absolute Gasteiger partial charge is 0.497 e. The first-order valence-electron chi connectivity index (χ1n) is 12.2. The van der Waals surface area contributed by atoms with Crippen molar-refractivity contribution in [1.82, 2.24) is 14.4 Å². The van der Waals surface area contributed by atoms with Crippen molar-refractivity contribution in [3.05, 3.63) is 108 Å². The first-order valence-corrected chi connectivity index (χ1v) is 12.2. The lowest BCUT2D eigenvalue weighted by atomic mass is 10.1. The minimum atomic E-state index is -0.440. The Bertz CT molecular complexity index is 1440. The molecule has 0 radical (unpaired) electrons. The highest BCUT2D eigenvalue weighted by Crippen LogP contribution is 2.32. The monoisotopic (exact) mass is 497 g/mol. The van der Waals surface area contributed by atoms with Crippen LogP contribution in [0.1, 0.15) is 26.4 Å². The Balaban J connectivity index is 1.42. The first kappa shape index (κ1) is 24.3. The van der Waals surface area contributed by atoms with Gasteiger partial charge in [-0.25, -0.2) is 4.39 Å². The summed E-state index contributed by atoms with van der Waals surface area (Å²) >= 11 is 0. The van der Waals surface area contributed by atoms with Crippen molar-refractivity contribution < 1.29 is 18.7 Å². The summed E-state index contributed by atoms with van der Waals surface area (Å²) in [6, 6.07) is 25.4. The minimum Gasteiger partial charge on any atom is -0.497 e. The van der Waals surface area contributed by atoms with Crippen LogP contribution in [-0.2, 0) is 0 Å². The summed E-state index contributed by atoms with van der Waals surface area (Å²) in [5.41, 5.74) is 4.57. The van der Waals surface area contributed by atoms with E-state index in [-0.39, 0.29) is 11.8 Å². The van der Waals surface area contributed by atoms with Crippen LogP contribution in [0.2, 0.25) is 0 Å². The molecule has 0 saturated carbocycles. The van der Waals surface area contributed by atoms with E-state index in [1.807, 2.05) is 67.6 Å². The molecule has 0 spiro atoms. The fourth-order valence-corrected chi connectivity index (χ4v) is 4.82. The normalized spacial score (nSPS) is 13.5. The van der Waals surface area contributed by atoms with Gasteiger partial charge in [0.2, 0.25) is 0 Å². The molecule has 3 aromatic carbocycles. The second-order valence-electron chi connectivity index (χ2n) is 9.03. The summed E-state index contributed by atoms with van der Waals surface area (Å²) in [5.74, 6) is 0.000313. The van der Waals surface area contributed by atoms with Crippen molar-refractivity contribution in [3.63, 3.8) is 0 Å². The van der Waals surface area contributed by atoms with Crippen molar-refractivity contribution in [2.24, 2.45) is 0 Å². The van der Waals surface area contributed by atoms with Gasteiger partial charge in [0.05, 0.1) is 18.4 Å². The van der Waals surface area contributed by atoms with E-state index in [4.69, 9.17) is 4.74 Å².